The second-order valence-corrected chi connectivity index (χ2v) is 8.05. The molecule has 5 heteroatoms. The summed E-state index contributed by atoms with van der Waals surface area (Å²) in [6.07, 6.45) is 0. The quantitative estimate of drug-likeness (QED) is 0.811. The fourth-order valence-electron chi connectivity index (χ4n) is 1.62. The summed E-state index contributed by atoms with van der Waals surface area (Å²) in [6.45, 7) is 9.19. The summed E-state index contributed by atoms with van der Waals surface area (Å²) in [5.74, 6) is 0.403. The largest absolute Gasteiger partial charge is 0.326 e. The van der Waals surface area contributed by atoms with Gasteiger partial charge in [-0.1, -0.05) is 52.0 Å². The van der Waals surface area contributed by atoms with E-state index in [1.807, 2.05) is 24.3 Å². The van der Waals surface area contributed by atoms with Crippen LogP contribution in [0, 0.1) is 11.3 Å². The van der Waals surface area contributed by atoms with E-state index in [2.05, 4.69) is 32.4 Å². The van der Waals surface area contributed by atoms with Gasteiger partial charge in [-0.2, -0.15) is 0 Å². The molecule has 0 radical (unpaired) electrons. The number of hydrogen-bond donors (Lipinski definition) is 2. The summed E-state index contributed by atoms with van der Waals surface area (Å²) in [7, 11) is -3.32. The summed E-state index contributed by atoms with van der Waals surface area (Å²) in [5, 5.41) is 0. The summed E-state index contributed by atoms with van der Waals surface area (Å²) in [5.41, 5.74) is 7.21. The van der Waals surface area contributed by atoms with Crippen LogP contribution in [-0.2, 0) is 22.3 Å². The molecule has 20 heavy (non-hydrogen) atoms. The molecular weight excluding hydrogens is 272 g/mol. The molecule has 0 spiro atoms. The Balaban J connectivity index is 2.70. The van der Waals surface area contributed by atoms with Crippen LogP contribution in [-0.4, -0.2) is 15.0 Å². The highest BCUT2D eigenvalue weighted by atomic mass is 32.2. The van der Waals surface area contributed by atoms with Gasteiger partial charge in [-0.05, 0) is 22.5 Å². The van der Waals surface area contributed by atoms with E-state index in [0.717, 1.165) is 11.1 Å². The van der Waals surface area contributed by atoms with Crippen molar-refractivity contribution in [2.24, 2.45) is 17.1 Å². The Morgan fingerprint density at radius 2 is 1.85 bits per heavy atom. The normalized spacial score (nSPS) is 12.9. The van der Waals surface area contributed by atoms with Gasteiger partial charge in [-0.25, -0.2) is 13.1 Å². The molecule has 114 valence electrons. The van der Waals surface area contributed by atoms with E-state index in [-0.39, 0.29) is 11.2 Å². The number of rotatable bonds is 7. The van der Waals surface area contributed by atoms with Gasteiger partial charge in [0.2, 0.25) is 10.0 Å². The van der Waals surface area contributed by atoms with Crippen LogP contribution in [0.2, 0.25) is 0 Å². The average molecular weight is 298 g/mol. The second kappa shape index (κ2) is 6.70. The van der Waals surface area contributed by atoms with Gasteiger partial charge in [0.1, 0.15) is 0 Å². The first kappa shape index (κ1) is 17.1. The molecule has 0 heterocycles. The highest BCUT2D eigenvalue weighted by Gasteiger charge is 2.24. The van der Waals surface area contributed by atoms with Gasteiger partial charge in [0.05, 0.1) is 5.75 Å². The molecule has 0 amide bonds. The van der Waals surface area contributed by atoms with Gasteiger partial charge < -0.3 is 5.73 Å². The van der Waals surface area contributed by atoms with E-state index in [1.54, 1.807) is 0 Å². The number of sulfonamides is 1. The molecule has 0 fully saturated rings. The minimum atomic E-state index is -3.32. The summed E-state index contributed by atoms with van der Waals surface area (Å²) in [4.78, 5) is 0. The van der Waals surface area contributed by atoms with Crippen LogP contribution in [0.1, 0.15) is 38.8 Å². The van der Waals surface area contributed by atoms with Crippen molar-refractivity contribution < 1.29 is 8.42 Å². The Hall–Kier alpha value is -0.910. The third-order valence-corrected chi connectivity index (χ3v) is 5.19. The van der Waals surface area contributed by atoms with Gasteiger partial charge in [-0.15, -0.1) is 0 Å². The van der Waals surface area contributed by atoms with Crippen molar-refractivity contribution in [2.45, 2.75) is 40.0 Å². The van der Waals surface area contributed by atoms with E-state index in [1.165, 1.54) is 0 Å². The zero-order valence-electron chi connectivity index (χ0n) is 12.8. The van der Waals surface area contributed by atoms with Gasteiger partial charge in [0.15, 0.2) is 0 Å². The second-order valence-electron chi connectivity index (χ2n) is 6.25. The van der Waals surface area contributed by atoms with Gasteiger partial charge in [0.25, 0.3) is 0 Å². The molecule has 0 bridgehead atoms. The molecular formula is C15H26N2O2S. The highest BCUT2D eigenvalue weighted by Crippen LogP contribution is 2.25. The summed E-state index contributed by atoms with van der Waals surface area (Å²) in [6, 6.07) is 7.38. The monoisotopic (exact) mass is 298 g/mol. The van der Waals surface area contributed by atoms with Crippen LogP contribution in [0.5, 0.6) is 0 Å². The number of nitrogens with one attached hydrogen (secondary N) is 1. The van der Waals surface area contributed by atoms with Crippen LogP contribution in [0.25, 0.3) is 0 Å². The first-order valence-corrected chi connectivity index (χ1v) is 8.57. The molecule has 0 aliphatic carbocycles. The minimum Gasteiger partial charge on any atom is -0.326 e. The molecule has 0 unspecified atom stereocenters. The lowest BCUT2D eigenvalue weighted by atomic mass is 9.81. The summed E-state index contributed by atoms with van der Waals surface area (Å²) >= 11 is 0. The average Bonchev–Trinajstić information content (AvgIpc) is 2.36. The van der Waals surface area contributed by atoms with Gasteiger partial charge in [-0.3, -0.25) is 0 Å². The third kappa shape index (κ3) is 5.23. The van der Waals surface area contributed by atoms with E-state index >= 15 is 0 Å². The number of benzene rings is 1. The molecule has 3 N–H and O–H groups in total. The van der Waals surface area contributed by atoms with E-state index in [0.29, 0.717) is 19.0 Å². The molecule has 1 aromatic carbocycles. The van der Waals surface area contributed by atoms with Crippen LogP contribution in [0.15, 0.2) is 24.3 Å². The lowest BCUT2D eigenvalue weighted by Gasteiger charge is -2.29. The topological polar surface area (TPSA) is 72.2 Å². The molecule has 0 saturated carbocycles. The van der Waals surface area contributed by atoms with Crippen molar-refractivity contribution in [3.63, 3.8) is 0 Å². The van der Waals surface area contributed by atoms with Gasteiger partial charge >= 0.3 is 0 Å². The fourth-order valence-corrected chi connectivity index (χ4v) is 2.93. The molecule has 1 rings (SSSR count). The highest BCUT2D eigenvalue weighted by molar-refractivity contribution is 7.88. The molecule has 1 aromatic rings. The SMILES string of the molecule is CC(C)C(C)(C)CNS(=O)(=O)Cc1cccc(CN)c1. The van der Waals surface area contributed by atoms with Crippen molar-refractivity contribution in [1.82, 2.24) is 4.72 Å². The third-order valence-electron chi connectivity index (χ3n) is 3.89. The maximum absolute atomic E-state index is 12.1. The van der Waals surface area contributed by atoms with Crippen LogP contribution in [0.4, 0.5) is 0 Å². The molecule has 0 aromatic heterocycles. The standard InChI is InChI=1S/C15H26N2O2S/c1-12(2)15(3,4)11-17-20(18,19)10-14-7-5-6-13(8-14)9-16/h5-8,12,17H,9-11,16H2,1-4H3. The Morgan fingerprint density at radius 3 is 2.40 bits per heavy atom. The van der Waals surface area contributed by atoms with Crippen molar-refractivity contribution in [3.05, 3.63) is 35.4 Å². The van der Waals surface area contributed by atoms with Crippen molar-refractivity contribution in [1.29, 1.82) is 0 Å². The van der Waals surface area contributed by atoms with Crippen molar-refractivity contribution in [3.8, 4) is 0 Å². The Labute approximate surface area is 122 Å². The molecule has 0 atom stereocenters. The molecule has 0 saturated heterocycles. The first-order valence-electron chi connectivity index (χ1n) is 6.91. The Kier molecular flexibility index (Phi) is 5.74. The number of nitrogens with two attached hydrogens (primary N) is 1. The fraction of sp³-hybridized carbons (Fsp3) is 0.600. The first-order chi connectivity index (χ1) is 9.16. The Morgan fingerprint density at radius 1 is 1.25 bits per heavy atom. The van der Waals surface area contributed by atoms with E-state index < -0.39 is 10.0 Å². The van der Waals surface area contributed by atoms with Crippen LogP contribution >= 0.6 is 0 Å². The molecule has 4 nitrogen and oxygen atoms in total. The van der Waals surface area contributed by atoms with Gasteiger partial charge in [0, 0.05) is 13.1 Å². The lowest BCUT2D eigenvalue weighted by molar-refractivity contribution is 0.252. The summed E-state index contributed by atoms with van der Waals surface area (Å²) < 4.78 is 27.0. The van der Waals surface area contributed by atoms with Crippen LogP contribution in [0.3, 0.4) is 0 Å². The van der Waals surface area contributed by atoms with Crippen LogP contribution < -0.4 is 10.5 Å². The van der Waals surface area contributed by atoms with E-state index in [4.69, 9.17) is 5.73 Å². The Bertz CT molecular complexity index is 537. The lowest BCUT2D eigenvalue weighted by Crippen LogP contribution is -2.37. The smallest absolute Gasteiger partial charge is 0.215 e. The number of hydrogen-bond acceptors (Lipinski definition) is 3. The molecule has 0 aliphatic heterocycles. The van der Waals surface area contributed by atoms with Crippen molar-refractivity contribution >= 4 is 10.0 Å². The zero-order valence-corrected chi connectivity index (χ0v) is 13.6. The maximum Gasteiger partial charge on any atom is 0.215 e. The predicted octanol–water partition coefficient (Wildman–Crippen LogP) is 2.25. The predicted molar refractivity (Wildman–Crippen MR) is 83.6 cm³/mol. The zero-order chi connectivity index (χ0) is 15.4. The van der Waals surface area contributed by atoms with Crippen molar-refractivity contribution in [2.75, 3.05) is 6.54 Å². The minimum absolute atomic E-state index is 0.00495. The maximum atomic E-state index is 12.1. The molecule has 0 aliphatic rings. The van der Waals surface area contributed by atoms with E-state index in [9.17, 15) is 8.42 Å².